The number of carbonyl (C=O) groups is 1. The molecule has 1 aliphatic carbocycles. The average molecular weight is 270 g/mol. The van der Waals surface area contributed by atoms with E-state index in [0.717, 1.165) is 25.0 Å². The number of aliphatic carboxylic acids is 1. The Morgan fingerprint density at radius 1 is 1.32 bits per heavy atom. The van der Waals surface area contributed by atoms with E-state index in [1.807, 2.05) is 0 Å². The van der Waals surface area contributed by atoms with Crippen LogP contribution in [0.1, 0.15) is 32.1 Å². The van der Waals surface area contributed by atoms with Crippen LogP contribution in [-0.2, 0) is 4.79 Å². The Bertz CT molecular complexity index is 468. The van der Waals surface area contributed by atoms with Gasteiger partial charge in [-0.05, 0) is 31.4 Å². The minimum atomic E-state index is -0.812. The maximum atomic E-state index is 13.3. The van der Waals surface area contributed by atoms with Crippen molar-refractivity contribution < 1.29 is 23.4 Å². The highest BCUT2D eigenvalue weighted by Gasteiger charge is 2.40. The largest absolute Gasteiger partial charge is 0.490 e. The molecule has 2 rings (SSSR count). The molecule has 0 saturated heterocycles. The molecule has 0 aromatic heterocycles. The summed E-state index contributed by atoms with van der Waals surface area (Å²) in [6, 6.07) is 3.07. The Kier molecular flexibility index (Phi) is 4.02. The van der Waals surface area contributed by atoms with Crippen molar-refractivity contribution in [2.24, 2.45) is 5.41 Å². The summed E-state index contributed by atoms with van der Waals surface area (Å²) in [5.41, 5.74) is -0.740. The maximum absolute atomic E-state index is 13.3. The van der Waals surface area contributed by atoms with Crippen LogP contribution in [0.5, 0.6) is 5.75 Å². The average Bonchev–Trinajstić information content (AvgIpc) is 2.82. The van der Waals surface area contributed by atoms with Gasteiger partial charge in [-0.25, -0.2) is 8.78 Å². The molecule has 1 N–H and O–H groups in total. The summed E-state index contributed by atoms with van der Waals surface area (Å²) in [5.74, 6) is -2.29. The number of carboxylic acid groups (broad SMARTS) is 1. The fourth-order valence-corrected chi connectivity index (χ4v) is 2.57. The van der Waals surface area contributed by atoms with Crippen LogP contribution < -0.4 is 4.74 Å². The summed E-state index contributed by atoms with van der Waals surface area (Å²) in [6.07, 6.45) is 3.42. The van der Waals surface area contributed by atoms with E-state index in [-0.39, 0.29) is 12.4 Å². The number of carboxylic acids is 1. The second-order valence-electron chi connectivity index (χ2n) is 4.97. The highest BCUT2D eigenvalue weighted by Crippen LogP contribution is 2.41. The second kappa shape index (κ2) is 5.55. The van der Waals surface area contributed by atoms with E-state index in [1.165, 1.54) is 6.07 Å². The number of benzene rings is 1. The lowest BCUT2D eigenvalue weighted by Gasteiger charge is -2.23. The molecule has 1 aromatic rings. The molecule has 5 heteroatoms. The Balaban J connectivity index is 1.94. The zero-order valence-electron chi connectivity index (χ0n) is 10.5. The molecule has 0 unspecified atom stereocenters. The summed E-state index contributed by atoms with van der Waals surface area (Å²) < 4.78 is 31.3. The molecule has 1 aliphatic rings. The van der Waals surface area contributed by atoms with Gasteiger partial charge < -0.3 is 9.84 Å². The highest BCUT2D eigenvalue weighted by molar-refractivity contribution is 5.74. The summed E-state index contributed by atoms with van der Waals surface area (Å²) in [6.45, 7) is 0.120. The first-order chi connectivity index (χ1) is 9.03. The van der Waals surface area contributed by atoms with Crippen molar-refractivity contribution >= 4 is 5.97 Å². The molecular weight excluding hydrogens is 254 g/mol. The van der Waals surface area contributed by atoms with Crippen LogP contribution >= 0.6 is 0 Å². The first-order valence-electron chi connectivity index (χ1n) is 6.35. The number of rotatable bonds is 5. The number of hydrogen-bond acceptors (Lipinski definition) is 2. The van der Waals surface area contributed by atoms with Crippen molar-refractivity contribution in [3.05, 3.63) is 29.8 Å². The fourth-order valence-electron chi connectivity index (χ4n) is 2.57. The Morgan fingerprint density at radius 3 is 2.58 bits per heavy atom. The first-order valence-corrected chi connectivity index (χ1v) is 6.35. The fraction of sp³-hybridized carbons (Fsp3) is 0.500. The van der Waals surface area contributed by atoms with Gasteiger partial charge in [0.05, 0.1) is 12.0 Å². The first kappa shape index (κ1) is 13.8. The minimum absolute atomic E-state index is 0.0417. The van der Waals surface area contributed by atoms with Crippen LogP contribution in [0, 0.1) is 17.0 Å². The van der Waals surface area contributed by atoms with E-state index >= 15 is 0 Å². The second-order valence-corrected chi connectivity index (χ2v) is 4.97. The molecule has 0 atom stereocenters. The third-order valence-electron chi connectivity index (χ3n) is 3.75. The number of hydrogen-bond donors (Lipinski definition) is 1. The van der Waals surface area contributed by atoms with Gasteiger partial charge in [0.25, 0.3) is 0 Å². The van der Waals surface area contributed by atoms with Crippen molar-refractivity contribution in [3.8, 4) is 5.75 Å². The van der Waals surface area contributed by atoms with Gasteiger partial charge in [-0.1, -0.05) is 12.8 Å². The van der Waals surface area contributed by atoms with Crippen molar-refractivity contribution in [2.45, 2.75) is 32.1 Å². The van der Waals surface area contributed by atoms with Crippen LogP contribution in [-0.4, -0.2) is 17.7 Å². The topological polar surface area (TPSA) is 46.5 Å². The Hall–Kier alpha value is -1.65. The van der Waals surface area contributed by atoms with E-state index in [9.17, 15) is 18.7 Å². The standard InChI is InChI=1S/C14H16F2O3/c15-10-3-4-12(11(16)9-10)19-8-7-14(13(17)18)5-1-2-6-14/h3-4,9H,1-2,5-8H2,(H,17,18). The third-order valence-corrected chi connectivity index (χ3v) is 3.75. The van der Waals surface area contributed by atoms with Gasteiger partial charge in [0.2, 0.25) is 0 Å². The normalized spacial score (nSPS) is 17.4. The van der Waals surface area contributed by atoms with Gasteiger partial charge in [0.15, 0.2) is 11.6 Å². The predicted molar refractivity (Wildman–Crippen MR) is 65.0 cm³/mol. The van der Waals surface area contributed by atoms with Gasteiger partial charge >= 0.3 is 5.97 Å². The van der Waals surface area contributed by atoms with E-state index in [2.05, 4.69) is 0 Å². The zero-order valence-corrected chi connectivity index (χ0v) is 10.5. The van der Waals surface area contributed by atoms with Crippen molar-refractivity contribution in [1.29, 1.82) is 0 Å². The van der Waals surface area contributed by atoms with Crippen molar-refractivity contribution in [1.82, 2.24) is 0 Å². The Morgan fingerprint density at radius 2 is 2.00 bits per heavy atom. The molecule has 19 heavy (non-hydrogen) atoms. The van der Waals surface area contributed by atoms with E-state index < -0.39 is 23.0 Å². The molecule has 104 valence electrons. The predicted octanol–water partition coefficient (Wildman–Crippen LogP) is 3.38. The monoisotopic (exact) mass is 270 g/mol. The van der Waals surface area contributed by atoms with Gasteiger partial charge in [-0.2, -0.15) is 0 Å². The molecule has 1 aromatic carbocycles. The van der Waals surface area contributed by atoms with Crippen LogP contribution in [0.2, 0.25) is 0 Å². The molecule has 1 fully saturated rings. The quantitative estimate of drug-likeness (QED) is 0.892. The van der Waals surface area contributed by atoms with Crippen LogP contribution in [0.3, 0.4) is 0 Å². The molecular formula is C14H16F2O3. The maximum Gasteiger partial charge on any atom is 0.309 e. The van der Waals surface area contributed by atoms with E-state index in [0.29, 0.717) is 19.3 Å². The third kappa shape index (κ3) is 3.03. The zero-order chi connectivity index (χ0) is 13.9. The lowest BCUT2D eigenvalue weighted by Crippen LogP contribution is -2.29. The smallest absolute Gasteiger partial charge is 0.309 e. The van der Waals surface area contributed by atoms with Crippen LogP contribution in [0.15, 0.2) is 18.2 Å². The number of ether oxygens (including phenoxy) is 1. The van der Waals surface area contributed by atoms with Crippen LogP contribution in [0.4, 0.5) is 8.78 Å². The summed E-state index contributed by atoms with van der Waals surface area (Å²) in [7, 11) is 0. The van der Waals surface area contributed by atoms with E-state index in [1.54, 1.807) is 0 Å². The lowest BCUT2D eigenvalue weighted by atomic mass is 9.83. The van der Waals surface area contributed by atoms with E-state index in [4.69, 9.17) is 4.74 Å². The Labute approximate surface area is 110 Å². The minimum Gasteiger partial charge on any atom is -0.490 e. The van der Waals surface area contributed by atoms with Gasteiger partial charge in [-0.3, -0.25) is 4.79 Å². The van der Waals surface area contributed by atoms with Crippen LogP contribution in [0.25, 0.3) is 0 Å². The molecule has 0 spiro atoms. The van der Waals surface area contributed by atoms with Gasteiger partial charge in [-0.15, -0.1) is 0 Å². The molecule has 3 nitrogen and oxygen atoms in total. The van der Waals surface area contributed by atoms with Crippen molar-refractivity contribution in [3.63, 3.8) is 0 Å². The van der Waals surface area contributed by atoms with Crippen molar-refractivity contribution in [2.75, 3.05) is 6.61 Å². The highest BCUT2D eigenvalue weighted by atomic mass is 19.1. The molecule has 0 amide bonds. The summed E-state index contributed by atoms with van der Waals surface area (Å²) in [5, 5.41) is 9.27. The number of halogens is 2. The molecule has 0 heterocycles. The lowest BCUT2D eigenvalue weighted by molar-refractivity contribution is -0.149. The summed E-state index contributed by atoms with van der Waals surface area (Å²) in [4.78, 5) is 11.3. The molecule has 0 aliphatic heterocycles. The summed E-state index contributed by atoms with van der Waals surface area (Å²) >= 11 is 0. The molecule has 0 bridgehead atoms. The van der Waals surface area contributed by atoms with Gasteiger partial charge in [0, 0.05) is 6.07 Å². The molecule has 1 saturated carbocycles. The SMILES string of the molecule is O=C(O)C1(CCOc2ccc(F)cc2F)CCCC1. The molecule has 0 radical (unpaired) electrons. The van der Waals surface area contributed by atoms with Gasteiger partial charge in [0.1, 0.15) is 5.82 Å².